The van der Waals surface area contributed by atoms with Gasteiger partial charge >= 0.3 is 0 Å². The number of nitrogens with zero attached hydrogens (tertiary/aromatic N) is 2. The van der Waals surface area contributed by atoms with Gasteiger partial charge in [-0.05, 0) is 36.7 Å². The molecule has 1 aromatic rings. The van der Waals surface area contributed by atoms with Gasteiger partial charge in [0.1, 0.15) is 4.60 Å². The van der Waals surface area contributed by atoms with Crippen LogP contribution in [-0.4, -0.2) is 30.0 Å². The Bertz CT molecular complexity index is 354. The van der Waals surface area contributed by atoms with Crippen LogP contribution < -0.4 is 10.2 Å². The molecule has 0 fully saturated rings. The number of hydrogen-bond acceptors (Lipinski definition) is 4. The number of nitrogens with one attached hydrogen (secondary N) is 1. The second kappa shape index (κ2) is 6.20. The molecule has 0 aliphatic rings. The van der Waals surface area contributed by atoms with Crippen molar-refractivity contribution in [3.8, 4) is 0 Å². The van der Waals surface area contributed by atoms with Crippen LogP contribution in [0.3, 0.4) is 0 Å². The molecule has 6 heteroatoms. The molecule has 1 rings (SSSR count). The van der Waals surface area contributed by atoms with E-state index >= 15 is 0 Å². The number of hydrogen-bond donors (Lipinski definition) is 1. The SMILES string of the molecule is CCN(CC(=O)NC(C)C)c1nc(Br)cs1. The maximum atomic E-state index is 11.6. The summed E-state index contributed by atoms with van der Waals surface area (Å²) >= 11 is 4.84. The van der Waals surface area contributed by atoms with Crippen LogP contribution in [0.5, 0.6) is 0 Å². The molecule has 1 aromatic heterocycles. The topological polar surface area (TPSA) is 45.2 Å². The summed E-state index contributed by atoms with van der Waals surface area (Å²) in [5.41, 5.74) is 0. The number of carbonyl (C=O) groups is 1. The number of aromatic nitrogens is 1. The standard InChI is InChI=1S/C10H16BrN3OS/c1-4-14(5-9(15)12-7(2)3)10-13-8(11)6-16-10/h6-7H,4-5H2,1-3H3,(H,12,15). The largest absolute Gasteiger partial charge is 0.352 e. The van der Waals surface area contributed by atoms with Crippen LogP contribution in [-0.2, 0) is 4.79 Å². The fourth-order valence-corrected chi connectivity index (χ4v) is 2.56. The Hall–Kier alpha value is -0.620. The van der Waals surface area contributed by atoms with Crippen molar-refractivity contribution in [3.63, 3.8) is 0 Å². The molecule has 0 atom stereocenters. The van der Waals surface area contributed by atoms with Crippen molar-refractivity contribution in [2.75, 3.05) is 18.0 Å². The highest BCUT2D eigenvalue weighted by Gasteiger charge is 2.13. The number of halogens is 1. The molecule has 1 heterocycles. The number of anilines is 1. The van der Waals surface area contributed by atoms with Gasteiger partial charge in [-0.15, -0.1) is 11.3 Å². The Kier molecular flexibility index (Phi) is 5.21. The summed E-state index contributed by atoms with van der Waals surface area (Å²) in [7, 11) is 0. The third-order valence-corrected chi connectivity index (χ3v) is 3.51. The summed E-state index contributed by atoms with van der Waals surface area (Å²) in [6, 6.07) is 0.175. The van der Waals surface area contributed by atoms with Crippen LogP contribution in [0.4, 0.5) is 5.13 Å². The molecule has 0 aromatic carbocycles. The third kappa shape index (κ3) is 4.09. The van der Waals surface area contributed by atoms with Crippen LogP contribution in [0.1, 0.15) is 20.8 Å². The number of likely N-dealkylation sites (N-methyl/N-ethyl adjacent to an activating group) is 1. The first kappa shape index (κ1) is 13.4. The Labute approximate surface area is 108 Å². The molecule has 0 bridgehead atoms. The maximum absolute atomic E-state index is 11.6. The second-order valence-corrected chi connectivity index (χ2v) is 5.34. The molecule has 0 radical (unpaired) electrons. The summed E-state index contributed by atoms with van der Waals surface area (Å²) in [5, 5.41) is 5.65. The highest BCUT2D eigenvalue weighted by Crippen LogP contribution is 2.23. The first-order chi connectivity index (χ1) is 7.52. The highest BCUT2D eigenvalue weighted by atomic mass is 79.9. The molecular weight excluding hydrogens is 290 g/mol. The van der Waals surface area contributed by atoms with Gasteiger partial charge in [-0.3, -0.25) is 4.79 Å². The van der Waals surface area contributed by atoms with E-state index in [-0.39, 0.29) is 11.9 Å². The lowest BCUT2D eigenvalue weighted by Crippen LogP contribution is -2.40. The average Bonchev–Trinajstić information content (AvgIpc) is 2.60. The van der Waals surface area contributed by atoms with Crippen molar-refractivity contribution in [1.82, 2.24) is 10.3 Å². The lowest BCUT2D eigenvalue weighted by Gasteiger charge is -2.19. The minimum atomic E-state index is 0.0307. The zero-order chi connectivity index (χ0) is 12.1. The fraction of sp³-hybridized carbons (Fsp3) is 0.600. The van der Waals surface area contributed by atoms with E-state index in [0.29, 0.717) is 6.54 Å². The van der Waals surface area contributed by atoms with E-state index in [0.717, 1.165) is 16.3 Å². The van der Waals surface area contributed by atoms with E-state index in [1.54, 1.807) is 0 Å². The third-order valence-electron chi connectivity index (χ3n) is 1.90. The fourth-order valence-electron chi connectivity index (χ4n) is 1.25. The van der Waals surface area contributed by atoms with Crippen molar-refractivity contribution < 1.29 is 4.79 Å². The predicted octanol–water partition coefficient (Wildman–Crippen LogP) is 2.26. The predicted molar refractivity (Wildman–Crippen MR) is 71.0 cm³/mol. The van der Waals surface area contributed by atoms with Gasteiger partial charge in [0.25, 0.3) is 0 Å². The van der Waals surface area contributed by atoms with Crippen LogP contribution in [0.15, 0.2) is 9.98 Å². The molecule has 0 spiro atoms. The van der Waals surface area contributed by atoms with Gasteiger partial charge in [-0.2, -0.15) is 0 Å². The van der Waals surface area contributed by atoms with Crippen LogP contribution in [0.2, 0.25) is 0 Å². The van der Waals surface area contributed by atoms with Gasteiger partial charge < -0.3 is 10.2 Å². The number of amides is 1. The molecule has 4 nitrogen and oxygen atoms in total. The summed E-state index contributed by atoms with van der Waals surface area (Å²) in [5.74, 6) is 0.0307. The van der Waals surface area contributed by atoms with E-state index in [4.69, 9.17) is 0 Å². The van der Waals surface area contributed by atoms with Crippen molar-refractivity contribution in [2.45, 2.75) is 26.8 Å². The molecule has 1 amide bonds. The minimum Gasteiger partial charge on any atom is -0.352 e. The lowest BCUT2D eigenvalue weighted by atomic mass is 10.4. The van der Waals surface area contributed by atoms with Crippen molar-refractivity contribution >= 4 is 38.3 Å². The molecule has 0 aliphatic carbocycles. The lowest BCUT2D eigenvalue weighted by molar-refractivity contribution is -0.120. The zero-order valence-corrected chi connectivity index (χ0v) is 12.1. The van der Waals surface area contributed by atoms with Gasteiger partial charge in [0, 0.05) is 18.0 Å². The van der Waals surface area contributed by atoms with Gasteiger partial charge in [0.2, 0.25) is 5.91 Å². The second-order valence-electron chi connectivity index (χ2n) is 3.69. The average molecular weight is 306 g/mol. The monoisotopic (exact) mass is 305 g/mol. The Morgan fingerprint density at radius 3 is 2.81 bits per heavy atom. The summed E-state index contributed by atoms with van der Waals surface area (Å²) in [4.78, 5) is 17.9. The molecule has 0 saturated heterocycles. The van der Waals surface area contributed by atoms with Crippen LogP contribution in [0.25, 0.3) is 0 Å². The van der Waals surface area contributed by atoms with Gasteiger partial charge in [-0.1, -0.05) is 0 Å². The van der Waals surface area contributed by atoms with E-state index in [1.165, 1.54) is 11.3 Å². The van der Waals surface area contributed by atoms with E-state index in [2.05, 4.69) is 26.2 Å². The van der Waals surface area contributed by atoms with Crippen LogP contribution >= 0.6 is 27.3 Å². The smallest absolute Gasteiger partial charge is 0.239 e. The van der Waals surface area contributed by atoms with Gasteiger partial charge in [-0.25, -0.2) is 4.98 Å². The van der Waals surface area contributed by atoms with E-state index < -0.39 is 0 Å². The normalized spacial score (nSPS) is 10.6. The van der Waals surface area contributed by atoms with Crippen molar-refractivity contribution in [3.05, 3.63) is 9.98 Å². The zero-order valence-electron chi connectivity index (χ0n) is 9.66. The molecule has 0 unspecified atom stereocenters. The first-order valence-corrected chi connectivity index (χ1v) is 6.85. The quantitative estimate of drug-likeness (QED) is 0.907. The summed E-state index contributed by atoms with van der Waals surface area (Å²) in [6.45, 7) is 7.04. The summed E-state index contributed by atoms with van der Waals surface area (Å²) < 4.78 is 0.815. The first-order valence-electron chi connectivity index (χ1n) is 5.18. The Morgan fingerprint density at radius 1 is 1.69 bits per heavy atom. The Morgan fingerprint density at radius 2 is 2.38 bits per heavy atom. The highest BCUT2D eigenvalue weighted by molar-refractivity contribution is 9.10. The van der Waals surface area contributed by atoms with Gasteiger partial charge in [0.05, 0.1) is 6.54 Å². The summed E-state index contributed by atoms with van der Waals surface area (Å²) in [6.07, 6.45) is 0. The molecule has 0 aliphatic heterocycles. The van der Waals surface area contributed by atoms with E-state index in [9.17, 15) is 4.79 Å². The minimum absolute atomic E-state index is 0.0307. The maximum Gasteiger partial charge on any atom is 0.239 e. The molecule has 0 saturated carbocycles. The van der Waals surface area contributed by atoms with Crippen molar-refractivity contribution in [1.29, 1.82) is 0 Å². The number of thiazole rings is 1. The van der Waals surface area contributed by atoms with Crippen molar-refractivity contribution in [2.24, 2.45) is 0 Å². The molecular formula is C10H16BrN3OS. The number of carbonyl (C=O) groups excluding carboxylic acids is 1. The van der Waals surface area contributed by atoms with Gasteiger partial charge in [0.15, 0.2) is 5.13 Å². The van der Waals surface area contributed by atoms with Crippen LogP contribution in [0, 0.1) is 0 Å². The molecule has 90 valence electrons. The molecule has 1 N–H and O–H groups in total. The Balaban J connectivity index is 2.59. The van der Waals surface area contributed by atoms with E-state index in [1.807, 2.05) is 31.1 Å². The number of rotatable bonds is 5. The molecule has 16 heavy (non-hydrogen) atoms.